The molecule has 0 amide bonds. The Hall–Kier alpha value is -1.22. The lowest BCUT2D eigenvalue weighted by Crippen LogP contribution is -2.35. The van der Waals surface area contributed by atoms with Crippen LogP contribution in [0.1, 0.15) is 77.3 Å². The van der Waals surface area contributed by atoms with E-state index in [0.29, 0.717) is 18.9 Å². The van der Waals surface area contributed by atoms with Gasteiger partial charge in [-0.25, -0.2) is 4.67 Å². The SMILES string of the molecule is CC(C)N(C(C)C)P(OCCC#N)Oc1cccc2c1CCC(C(N)CCCCCO)C2. The Morgan fingerprint density at radius 2 is 1.97 bits per heavy atom. The van der Waals surface area contributed by atoms with Crippen LogP contribution < -0.4 is 10.3 Å². The van der Waals surface area contributed by atoms with Gasteiger partial charge in [-0.1, -0.05) is 25.0 Å². The van der Waals surface area contributed by atoms with E-state index in [1.165, 1.54) is 11.1 Å². The Morgan fingerprint density at radius 3 is 2.62 bits per heavy atom. The van der Waals surface area contributed by atoms with Gasteiger partial charge in [-0.15, -0.1) is 0 Å². The fraction of sp³-hybridized carbons (Fsp3) is 0.720. The first-order valence-corrected chi connectivity index (χ1v) is 13.2. The minimum absolute atomic E-state index is 0.204. The lowest BCUT2D eigenvalue weighted by Gasteiger charge is -2.36. The van der Waals surface area contributed by atoms with Gasteiger partial charge in [0.15, 0.2) is 0 Å². The lowest BCUT2D eigenvalue weighted by atomic mass is 9.78. The summed E-state index contributed by atoms with van der Waals surface area (Å²) >= 11 is 0. The molecule has 3 unspecified atom stereocenters. The molecular formula is C25H42N3O3P. The third-order valence-corrected chi connectivity index (χ3v) is 8.17. The number of aliphatic hydroxyl groups is 1. The van der Waals surface area contributed by atoms with Gasteiger partial charge in [0.1, 0.15) is 5.75 Å². The van der Waals surface area contributed by atoms with E-state index in [1.807, 2.05) is 0 Å². The van der Waals surface area contributed by atoms with E-state index in [4.69, 9.17) is 25.1 Å². The van der Waals surface area contributed by atoms with Crippen molar-refractivity contribution in [1.29, 1.82) is 5.26 Å². The summed E-state index contributed by atoms with van der Waals surface area (Å²) in [5.41, 5.74) is 9.15. The van der Waals surface area contributed by atoms with Crippen LogP contribution in [0.4, 0.5) is 0 Å². The van der Waals surface area contributed by atoms with Crippen LogP contribution in [0.5, 0.6) is 5.75 Å². The number of rotatable bonds is 14. The molecular weight excluding hydrogens is 421 g/mol. The predicted octanol–water partition coefficient (Wildman–Crippen LogP) is 5.33. The molecule has 0 heterocycles. The molecule has 0 bridgehead atoms. The Bertz CT molecular complexity index is 715. The summed E-state index contributed by atoms with van der Waals surface area (Å²) in [7, 11) is -1.30. The summed E-state index contributed by atoms with van der Waals surface area (Å²) in [5, 5.41) is 17.9. The largest absolute Gasteiger partial charge is 0.435 e. The van der Waals surface area contributed by atoms with Crippen molar-refractivity contribution in [1.82, 2.24) is 4.67 Å². The first-order valence-electron chi connectivity index (χ1n) is 12.1. The number of nitrogens with two attached hydrogens (primary N) is 1. The highest BCUT2D eigenvalue weighted by molar-refractivity contribution is 7.45. The van der Waals surface area contributed by atoms with Crippen LogP contribution >= 0.6 is 8.53 Å². The van der Waals surface area contributed by atoms with Crippen molar-refractivity contribution in [3.8, 4) is 11.8 Å². The number of fused-ring (bicyclic) bond motifs is 1. The van der Waals surface area contributed by atoms with Gasteiger partial charge in [0.2, 0.25) is 0 Å². The van der Waals surface area contributed by atoms with Gasteiger partial charge in [0, 0.05) is 24.7 Å². The van der Waals surface area contributed by atoms with Crippen LogP contribution in [0, 0.1) is 17.2 Å². The Kier molecular flexibility index (Phi) is 11.9. The van der Waals surface area contributed by atoms with Crippen molar-refractivity contribution < 1.29 is 14.2 Å². The molecule has 0 aromatic heterocycles. The summed E-state index contributed by atoms with van der Waals surface area (Å²) in [4.78, 5) is 0. The molecule has 0 saturated carbocycles. The number of aliphatic hydroxyl groups excluding tert-OH is 1. The summed E-state index contributed by atoms with van der Waals surface area (Å²) < 4.78 is 14.9. The fourth-order valence-corrected chi connectivity index (χ4v) is 6.14. The van der Waals surface area contributed by atoms with Crippen LogP contribution in [-0.2, 0) is 17.4 Å². The van der Waals surface area contributed by atoms with Crippen molar-refractivity contribution in [2.45, 2.75) is 97.2 Å². The molecule has 0 saturated heterocycles. The zero-order chi connectivity index (χ0) is 23.5. The molecule has 0 fully saturated rings. The maximum atomic E-state index is 8.97. The molecule has 0 radical (unpaired) electrons. The van der Waals surface area contributed by atoms with Crippen LogP contribution in [-0.4, -0.2) is 41.1 Å². The van der Waals surface area contributed by atoms with Gasteiger partial charge >= 0.3 is 8.53 Å². The van der Waals surface area contributed by atoms with Gasteiger partial charge < -0.3 is 19.9 Å². The van der Waals surface area contributed by atoms with Gasteiger partial charge in [-0.05, 0) is 82.9 Å². The monoisotopic (exact) mass is 463 g/mol. The number of benzene rings is 1. The van der Waals surface area contributed by atoms with E-state index in [0.717, 1.165) is 50.7 Å². The second-order valence-electron chi connectivity index (χ2n) is 9.27. The van der Waals surface area contributed by atoms with E-state index >= 15 is 0 Å². The first kappa shape index (κ1) is 27.0. The standard InChI is InChI=1S/C25H42N3O3P/c1-19(2)28(20(3)4)32(30-17-9-15-26)31-25-12-8-10-21-18-22(13-14-23(21)25)24(27)11-6-5-7-16-29/h8,10,12,19-20,22,24,29H,5-7,9,11,13-14,16-18,27H2,1-4H3. The van der Waals surface area contributed by atoms with Crippen molar-refractivity contribution in [2.75, 3.05) is 13.2 Å². The van der Waals surface area contributed by atoms with Crippen LogP contribution in [0.25, 0.3) is 0 Å². The summed E-state index contributed by atoms with van der Waals surface area (Å²) in [6.45, 7) is 9.25. The van der Waals surface area contributed by atoms with E-state index in [1.54, 1.807) is 0 Å². The predicted molar refractivity (Wildman–Crippen MR) is 131 cm³/mol. The maximum absolute atomic E-state index is 8.97. The van der Waals surface area contributed by atoms with Gasteiger partial charge in [-0.2, -0.15) is 5.26 Å². The number of hydrogen-bond donors (Lipinski definition) is 2. The van der Waals surface area contributed by atoms with Gasteiger partial charge in [0.25, 0.3) is 0 Å². The van der Waals surface area contributed by atoms with Gasteiger partial charge in [0.05, 0.1) is 19.1 Å². The van der Waals surface area contributed by atoms with E-state index in [-0.39, 0.29) is 24.7 Å². The first-order chi connectivity index (χ1) is 15.4. The summed E-state index contributed by atoms with van der Waals surface area (Å²) in [5.74, 6) is 1.40. The summed E-state index contributed by atoms with van der Waals surface area (Å²) in [6.07, 6.45) is 7.39. The molecule has 1 aliphatic rings. The molecule has 2 rings (SSSR count). The third-order valence-electron chi connectivity index (χ3n) is 6.12. The molecule has 3 N–H and O–H groups in total. The molecule has 0 aliphatic heterocycles. The van der Waals surface area contributed by atoms with E-state index < -0.39 is 8.53 Å². The Morgan fingerprint density at radius 1 is 1.22 bits per heavy atom. The quantitative estimate of drug-likeness (QED) is 0.286. The van der Waals surface area contributed by atoms with E-state index in [9.17, 15) is 0 Å². The molecule has 1 aromatic carbocycles. The molecule has 1 aromatic rings. The van der Waals surface area contributed by atoms with Crippen LogP contribution in [0.3, 0.4) is 0 Å². The smallest absolute Gasteiger partial charge is 0.321 e. The molecule has 6 nitrogen and oxygen atoms in total. The minimum Gasteiger partial charge on any atom is -0.435 e. The van der Waals surface area contributed by atoms with Crippen molar-refractivity contribution in [3.63, 3.8) is 0 Å². The number of hydrogen-bond acceptors (Lipinski definition) is 6. The second kappa shape index (κ2) is 14.1. The van der Waals surface area contributed by atoms with Crippen molar-refractivity contribution >= 4 is 8.53 Å². The molecule has 7 heteroatoms. The fourth-order valence-electron chi connectivity index (χ4n) is 4.52. The summed E-state index contributed by atoms with van der Waals surface area (Å²) in [6, 6.07) is 9.23. The highest BCUT2D eigenvalue weighted by atomic mass is 31.2. The van der Waals surface area contributed by atoms with E-state index in [2.05, 4.69) is 56.6 Å². The number of nitriles is 1. The Labute approximate surface area is 196 Å². The molecule has 1 aliphatic carbocycles. The van der Waals surface area contributed by atoms with Crippen LogP contribution in [0.2, 0.25) is 0 Å². The topological polar surface area (TPSA) is 91.7 Å². The zero-order valence-electron chi connectivity index (χ0n) is 20.3. The molecule has 32 heavy (non-hydrogen) atoms. The third kappa shape index (κ3) is 7.97. The minimum atomic E-state index is -1.30. The number of unbranched alkanes of at least 4 members (excludes halogenated alkanes) is 2. The highest BCUT2D eigenvalue weighted by Crippen LogP contribution is 2.48. The number of nitrogens with zero attached hydrogens (tertiary/aromatic N) is 2. The average molecular weight is 464 g/mol. The molecule has 0 spiro atoms. The normalized spacial score (nSPS) is 17.9. The zero-order valence-corrected chi connectivity index (χ0v) is 21.2. The van der Waals surface area contributed by atoms with Crippen molar-refractivity contribution in [3.05, 3.63) is 29.3 Å². The average Bonchev–Trinajstić information content (AvgIpc) is 2.76. The van der Waals surface area contributed by atoms with Crippen LogP contribution in [0.15, 0.2) is 18.2 Å². The second-order valence-corrected chi connectivity index (χ2v) is 10.6. The lowest BCUT2D eigenvalue weighted by molar-refractivity contribution is 0.219. The van der Waals surface area contributed by atoms with Gasteiger partial charge in [-0.3, -0.25) is 0 Å². The Balaban J connectivity index is 2.11. The molecule has 180 valence electrons. The maximum Gasteiger partial charge on any atom is 0.321 e. The highest BCUT2D eigenvalue weighted by Gasteiger charge is 2.31. The van der Waals surface area contributed by atoms with Crippen molar-refractivity contribution in [2.24, 2.45) is 11.7 Å². The molecule has 3 atom stereocenters.